The highest BCUT2D eigenvalue weighted by Gasteiger charge is 2.16. The maximum Gasteiger partial charge on any atom is 0.303 e. The number of carboxylic acids is 2. The number of benzene rings is 4. The van der Waals surface area contributed by atoms with Gasteiger partial charge in [0.05, 0.1) is 10.6 Å². The van der Waals surface area contributed by atoms with Crippen molar-refractivity contribution in [2.45, 2.75) is 59.3 Å². The van der Waals surface area contributed by atoms with Crippen molar-refractivity contribution in [2.75, 3.05) is 26.2 Å². The number of hydrogen-bond acceptors (Lipinski definition) is 9. The van der Waals surface area contributed by atoms with Gasteiger partial charge in [-0.25, -0.2) is 0 Å². The number of pyridine rings is 1. The second-order valence-corrected chi connectivity index (χ2v) is 13.9. The third-order valence-corrected chi connectivity index (χ3v) is 9.70. The SMILES string of the molecule is Cc1c(COc2cc(OCc3cncc(C#N)c3)c(CNCCCC(=O)O)cc2Cl)cccc1-c1cccc(-c2ccc(OCCNCCCC(=O)O)cc2)c1C. The normalized spacial score (nSPS) is 10.8. The molecule has 0 radical (unpaired) electrons. The molecule has 1 aromatic heterocycles. The van der Waals surface area contributed by atoms with E-state index in [9.17, 15) is 14.9 Å². The molecule has 57 heavy (non-hydrogen) atoms. The molecule has 5 rings (SSSR count). The Morgan fingerprint density at radius 3 is 2.12 bits per heavy atom. The summed E-state index contributed by atoms with van der Waals surface area (Å²) in [4.78, 5) is 25.7. The molecule has 0 amide bonds. The lowest BCUT2D eigenvalue weighted by molar-refractivity contribution is -0.138. The smallest absolute Gasteiger partial charge is 0.303 e. The second-order valence-electron chi connectivity index (χ2n) is 13.5. The minimum atomic E-state index is -0.841. The number of aromatic nitrogens is 1. The van der Waals surface area contributed by atoms with E-state index >= 15 is 0 Å². The molecular weight excluding hydrogens is 744 g/mol. The number of halogens is 1. The van der Waals surface area contributed by atoms with Crippen LogP contribution in [0.25, 0.3) is 22.3 Å². The van der Waals surface area contributed by atoms with E-state index in [1.807, 2.05) is 24.3 Å². The van der Waals surface area contributed by atoms with Crippen molar-refractivity contribution < 1.29 is 34.0 Å². The van der Waals surface area contributed by atoms with E-state index in [0.29, 0.717) is 67.7 Å². The summed E-state index contributed by atoms with van der Waals surface area (Å²) in [6, 6.07) is 27.9. The number of hydrogen-bond donors (Lipinski definition) is 4. The molecule has 12 heteroatoms. The number of carbonyl (C=O) groups is 2. The van der Waals surface area contributed by atoms with Gasteiger partial charge < -0.3 is 35.1 Å². The van der Waals surface area contributed by atoms with E-state index < -0.39 is 11.9 Å². The number of nitrogens with zero attached hydrogens (tertiary/aromatic N) is 2. The van der Waals surface area contributed by atoms with Crippen LogP contribution in [0.3, 0.4) is 0 Å². The number of rotatable bonds is 22. The first-order valence-corrected chi connectivity index (χ1v) is 19.2. The Kier molecular flexibility index (Phi) is 15.8. The second kappa shape index (κ2) is 21.4. The highest BCUT2D eigenvalue weighted by molar-refractivity contribution is 6.32. The Labute approximate surface area is 338 Å². The molecule has 0 atom stereocenters. The van der Waals surface area contributed by atoms with Crippen LogP contribution in [-0.2, 0) is 29.3 Å². The number of nitrogens with one attached hydrogen (secondary N) is 2. The fourth-order valence-corrected chi connectivity index (χ4v) is 6.56. The first-order valence-electron chi connectivity index (χ1n) is 18.8. The minimum Gasteiger partial charge on any atom is -0.492 e. The molecule has 0 aliphatic heterocycles. The lowest BCUT2D eigenvalue weighted by Crippen LogP contribution is -2.22. The average molecular weight is 791 g/mol. The fourth-order valence-electron chi connectivity index (χ4n) is 6.32. The van der Waals surface area contributed by atoms with Crippen molar-refractivity contribution in [1.29, 1.82) is 5.26 Å². The van der Waals surface area contributed by atoms with Crippen LogP contribution in [0.1, 0.15) is 59.1 Å². The van der Waals surface area contributed by atoms with Crippen LogP contribution in [0.2, 0.25) is 5.02 Å². The molecule has 11 nitrogen and oxygen atoms in total. The van der Waals surface area contributed by atoms with Crippen molar-refractivity contribution in [3.8, 4) is 45.6 Å². The third-order valence-electron chi connectivity index (χ3n) is 9.40. The summed E-state index contributed by atoms with van der Waals surface area (Å²) in [5.41, 5.74) is 9.57. The van der Waals surface area contributed by atoms with Crippen LogP contribution in [0.15, 0.2) is 91.3 Å². The first-order chi connectivity index (χ1) is 27.6. The molecule has 0 spiro atoms. The van der Waals surface area contributed by atoms with Gasteiger partial charge in [0, 0.05) is 55.5 Å². The van der Waals surface area contributed by atoms with Crippen LogP contribution >= 0.6 is 11.6 Å². The summed E-state index contributed by atoms with van der Waals surface area (Å²) in [6.45, 7) is 7.32. The van der Waals surface area contributed by atoms with E-state index in [-0.39, 0.29) is 26.1 Å². The highest BCUT2D eigenvalue weighted by atomic mass is 35.5. The van der Waals surface area contributed by atoms with E-state index in [2.05, 4.69) is 71.9 Å². The predicted octanol–water partition coefficient (Wildman–Crippen LogP) is 8.50. The maximum absolute atomic E-state index is 10.9. The zero-order valence-electron chi connectivity index (χ0n) is 32.1. The zero-order chi connectivity index (χ0) is 40.6. The molecule has 0 unspecified atom stereocenters. The Balaban J connectivity index is 1.28. The molecule has 0 fully saturated rings. The Hall–Kier alpha value is -5.93. The van der Waals surface area contributed by atoms with Crippen LogP contribution < -0.4 is 24.8 Å². The summed E-state index contributed by atoms with van der Waals surface area (Å²) in [6.07, 6.45) is 4.43. The number of nitriles is 1. The minimum absolute atomic E-state index is 0.0718. The van der Waals surface area contributed by atoms with Gasteiger partial charge in [0.15, 0.2) is 0 Å². The van der Waals surface area contributed by atoms with Crippen LogP contribution in [0.5, 0.6) is 17.2 Å². The average Bonchev–Trinajstić information content (AvgIpc) is 3.20. The molecule has 4 N–H and O–H groups in total. The van der Waals surface area contributed by atoms with E-state index in [1.54, 1.807) is 24.4 Å². The van der Waals surface area contributed by atoms with Gasteiger partial charge in [-0.3, -0.25) is 14.6 Å². The highest BCUT2D eigenvalue weighted by Crippen LogP contribution is 2.37. The Morgan fingerprint density at radius 2 is 1.40 bits per heavy atom. The quantitative estimate of drug-likeness (QED) is 0.0497. The van der Waals surface area contributed by atoms with Gasteiger partial charge in [-0.1, -0.05) is 60.1 Å². The molecule has 0 aliphatic carbocycles. The van der Waals surface area contributed by atoms with E-state index in [4.69, 9.17) is 36.0 Å². The number of carboxylic acid groups (broad SMARTS) is 2. The Bertz CT molecular complexity index is 2190. The number of ether oxygens (including phenoxy) is 3. The van der Waals surface area contributed by atoms with Gasteiger partial charge in [0.25, 0.3) is 0 Å². The molecule has 0 aliphatic rings. The summed E-state index contributed by atoms with van der Waals surface area (Å²) < 4.78 is 18.5. The van der Waals surface area contributed by atoms with E-state index in [1.165, 1.54) is 6.20 Å². The summed E-state index contributed by atoms with van der Waals surface area (Å²) in [7, 11) is 0. The zero-order valence-corrected chi connectivity index (χ0v) is 32.9. The standard InChI is InChI=1S/C45H47ClN4O7/c1-30-35(29-57-43-23-42(56-28-33-21-32(24-47)25-50-26-33)36(22-41(43)46)27-49-18-6-12-45(53)54)7-3-9-39(30)40-10-4-8-38(31(40)2)34-13-15-37(16-14-34)55-20-19-48-17-5-11-44(51)52/h3-4,7-10,13-16,21-23,25-26,48-49H,5-6,11-12,17-20,27-29H2,1-2H3,(H,51,52)(H,53,54). The summed E-state index contributed by atoms with van der Waals surface area (Å²) >= 11 is 6.78. The van der Waals surface area contributed by atoms with Crippen molar-refractivity contribution in [2.24, 2.45) is 0 Å². The molecule has 4 aromatic carbocycles. The van der Waals surface area contributed by atoms with Crippen LogP contribution in [-0.4, -0.2) is 53.4 Å². The van der Waals surface area contributed by atoms with Gasteiger partial charge in [-0.2, -0.15) is 5.26 Å². The van der Waals surface area contributed by atoms with Crippen molar-refractivity contribution >= 4 is 23.5 Å². The maximum atomic E-state index is 10.9. The molecule has 5 aromatic rings. The van der Waals surface area contributed by atoms with Crippen LogP contribution in [0, 0.1) is 25.2 Å². The molecule has 0 saturated carbocycles. The largest absolute Gasteiger partial charge is 0.492 e. The predicted molar refractivity (Wildman–Crippen MR) is 220 cm³/mol. The molecular formula is C45H47ClN4O7. The molecule has 296 valence electrons. The van der Waals surface area contributed by atoms with Gasteiger partial charge in [-0.05, 0) is 103 Å². The lowest BCUT2D eigenvalue weighted by atomic mass is 9.89. The van der Waals surface area contributed by atoms with Gasteiger partial charge in [0.1, 0.15) is 43.1 Å². The summed E-state index contributed by atoms with van der Waals surface area (Å²) in [5.74, 6) is 0.134. The molecule has 1 heterocycles. The van der Waals surface area contributed by atoms with Crippen molar-refractivity contribution in [3.63, 3.8) is 0 Å². The monoisotopic (exact) mass is 790 g/mol. The van der Waals surface area contributed by atoms with E-state index in [0.717, 1.165) is 55.8 Å². The topological polar surface area (TPSA) is 163 Å². The van der Waals surface area contributed by atoms with Gasteiger partial charge >= 0.3 is 11.9 Å². The Morgan fingerprint density at radius 1 is 0.737 bits per heavy atom. The lowest BCUT2D eigenvalue weighted by Gasteiger charge is -2.18. The van der Waals surface area contributed by atoms with Crippen LogP contribution in [0.4, 0.5) is 0 Å². The van der Waals surface area contributed by atoms with Gasteiger partial charge in [0.2, 0.25) is 0 Å². The molecule has 0 saturated heterocycles. The fraction of sp³-hybridized carbons (Fsp3) is 0.289. The number of aliphatic carboxylic acids is 2. The van der Waals surface area contributed by atoms with Gasteiger partial charge in [-0.15, -0.1) is 0 Å². The van der Waals surface area contributed by atoms with Crippen molar-refractivity contribution in [3.05, 3.63) is 130 Å². The first kappa shape index (κ1) is 42.2. The summed E-state index contributed by atoms with van der Waals surface area (Å²) in [5, 5.41) is 33.9. The van der Waals surface area contributed by atoms with Crippen molar-refractivity contribution in [1.82, 2.24) is 15.6 Å². The third kappa shape index (κ3) is 12.5. The molecule has 0 bridgehead atoms.